The standard InChI is InChI=1S/C18H23N3O3/c19-13-14(18(22)20-15-4-2-1-3-5-15)12-16-6-7-17(24-16)21-8-10-23-11-9-21/h6-7,12,15H,1-5,8-11H2,(H,20,22)/b14-12-. The molecular formula is C18H23N3O3. The molecule has 0 unspecified atom stereocenters. The van der Waals surface area contributed by atoms with Crippen LogP contribution in [0, 0.1) is 11.3 Å². The van der Waals surface area contributed by atoms with Crippen LogP contribution in [-0.2, 0) is 9.53 Å². The molecule has 1 aromatic rings. The lowest BCUT2D eigenvalue weighted by atomic mass is 9.95. The molecule has 6 heteroatoms. The summed E-state index contributed by atoms with van der Waals surface area (Å²) >= 11 is 0. The number of nitrogens with zero attached hydrogens (tertiary/aromatic N) is 2. The van der Waals surface area contributed by atoms with Gasteiger partial charge in [0.2, 0.25) is 0 Å². The van der Waals surface area contributed by atoms with Crippen LogP contribution < -0.4 is 10.2 Å². The number of carbonyl (C=O) groups excluding carboxylic acids is 1. The van der Waals surface area contributed by atoms with Gasteiger partial charge in [0.1, 0.15) is 17.4 Å². The first kappa shape index (κ1) is 16.6. The summed E-state index contributed by atoms with van der Waals surface area (Å²) in [5.41, 5.74) is 0.0865. The van der Waals surface area contributed by atoms with E-state index in [0.717, 1.165) is 44.7 Å². The van der Waals surface area contributed by atoms with Crippen LogP contribution >= 0.6 is 0 Å². The number of rotatable bonds is 4. The van der Waals surface area contributed by atoms with Crippen LogP contribution in [0.15, 0.2) is 22.1 Å². The summed E-state index contributed by atoms with van der Waals surface area (Å²) in [6.45, 7) is 2.92. The molecule has 1 N–H and O–H groups in total. The van der Waals surface area contributed by atoms with Crippen molar-refractivity contribution in [3.8, 4) is 6.07 Å². The molecule has 128 valence electrons. The molecule has 1 aliphatic carbocycles. The average Bonchev–Trinajstić information content (AvgIpc) is 3.10. The average molecular weight is 329 g/mol. The third kappa shape index (κ3) is 4.18. The summed E-state index contributed by atoms with van der Waals surface area (Å²) in [6, 6.07) is 5.82. The van der Waals surface area contributed by atoms with Gasteiger partial charge in [-0.25, -0.2) is 0 Å². The zero-order valence-electron chi connectivity index (χ0n) is 13.8. The number of anilines is 1. The lowest BCUT2D eigenvalue weighted by Crippen LogP contribution is -2.36. The van der Waals surface area contributed by atoms with Crippen molar-refractivity contribution in [3.05, 3.63) is 23.5 Å². The van der Waals surface area contributed by atoms with Crippen molar-refractivity contribution in [1.29, 1.82) is 5.26 Å². The van der Waals surface area contributed by atoms with Crippen molar-refractivity contribution in [2.75, 3.05) is 31.2 Å². The molecule has 6 nitrogen and oxygen atoms in total. The molecule has 0 bridgehead atoms. The van der Waals surface area contributed by atoms with E-state index in [9.17, 15) is 10.1 Å². The number of morpholine rings is 1. The fourth-order valence-corrected chi connectivity index (χ4v) is 3.17. The Labute approximate surface area is 142 Å². The summed E-state index contributed by atoms with van der Waals surface area (Å²) in [4.78, 5) is 14.4. The van der Waals surface area contributed by atoms with Gasteiger partial charge in [0.25, 0.3) is 5.91 Å². The van der Waals surface area contributed by atoms with Crippen LogP contribution in [-0.4, -0.2) is 38.3 Å². The van der Waals surface area contributed by atoms with Crippen molar-refractivity contribution in [2.45, 2.75) is 38.1 Å². The molecule has 2 aliphatic rings. The van der Waals surface area contributed by atoms with Crippen molar-refractivity contribution < 1.29 is 13.9 Å². The minimum atomic E-state index is -0.311. The third-order valence-corrected chi connectivity index (χ3v) is 4.53. The first-order valence-corrected chi connectivity index (χ1v) is 8.61. The topological polar surface area (TPSA) is 78.5 Å². The number of hydrogen-bond acceptors (Lipinski definition) is 5. The fraction of sp³-hybridized carbons (Fsp3) is 0.556. The fourth-order valence-electron chi connectivity index (χ4n) is 3.17. The number of furan rings is 1. The van der Waals surface area contributed by atoms with Gasteiger partial charge < -0.3 is 19.4 Å². The molecule has 1 amide bonds. The summed E-state index contributed by atoms with van der Waals surface area (Å²) in [5.74, 6) is 0.954. The maximum Gasteiger partial charge on any atom is 0.262 e. The highest BCUT2D eigenvalue weighted by molar-refractivity contribution is 6.01. The third-order valence-electron chi connectivity index (χ3n) is 4.53. The van der Waals surface area contributed by atoms with Gasteiger partial charge >= 0.3 is 0 Å². The highest BCUT2D eigenvalue weighted by Gasteiger charge is 2.19. The highest BCUT2D eigenvalue weighted by atomic mass is 16.5. The van der Waals surface area contributed by atoms with Gasteiger partial charge in [-0.2, -0.15) is 5.26 Å². The van der Waals surface area contributed by atoms with E-state index in [1.165, 1.54) is 12.5 Å². The Bertz CT molecular complexity index is 632. The number of carbonyl (C=O) groups is 1. The lowest BCUT2D eigenvalue weighted by Gasteiger charge is -2.26. The molecule has 1 saturated heterocycles. The molecule has 0 spiro atoms. The van der Waals surface area contributed by atoms with Crippen LogP contribution in [0.3, 0.4) is 0 Å². The summed E-state index contributed by atoms with van der Waals surface area (Å²) in [6.07, 6.45) is 7.00. The minimum Gasteiger partial charge on any atom is -0.441 e. The van der Waals surface area contributed by atoms with Gasteiger partial charge in [0, 0.05) is 31.3 Å². The molecule has 24 heavy (non-hydrogen) atoms. The summed E-state index contributed by atoms with van der Waals surface area (Å²) < 4.78 is 11.1. The zero-order chi connectivity index (χ0) is 16.8. The molecule has 2 fully saturated rings. The van der Waals surface area contributed by atoms with E-state index in [0.29, 0.717) is 19.0 Å². The second-order valence-corrected chi connectivity index (χ2v) is 6.25. The molecule has 0 radical (unpaired) electrons. The monoisotopic (exact) mass is 329 g/mol. The van der Waals surface area contributed by atoms with Gasteiger partial charge in [0.15, 0.2) is 5.88 Å². The van der Waals surface area contributed by atoms with E-state index in [1.54, 1.807) is 6.07 Å². The van der Waals surface area contributed by atoms with E-state index < -0.39 is 0 Å². The van der Waals surface area contributed by atoms with Gasteiger partial charge in [-0.3, -0.25) is 4.79 Å². The predicted molar refractivity (Wildman–Crippen MR) is 90.3 cm³/mol. The van der Waals surface area contributed by atoms with Gasteiger partial charge in [-0.15, -0.1) is 0 Å². The van der Waals surface area contributed by atoms with Crippen LogP contribution in [0.1, 0.15) is 37.9 Å². The van der Waals surface area contributed by atoms with Crippen LogP contribution in [0.5, 0.6) is 0 Å². The van der Waals surface area contributed by atoms with Crippen LogP contribution in [0.4, 0.5) is 5.88 Å². The van der Waals surface area contributed by atoms with Gasteiger partial charge in [0.05, 0.1) is 13.2 Å². The Morgan fingerprint density at radius 1 is 1.25 bits per heavy atom. The molecule has 1 aliphatic heterocycles. The van der Waals surface area contributed by atoms with E-state index >= 15 is 0 Å². The van der Waals surface area contributed by atoms with E-state index in [4.69, 9.17) is 9.15 Å². The van der Waals surface area contributed by atoms with E-state index in [2.05, 4.69) is 10.2 Å². The lowest BCUT2D eigenvalue weighted by molar-refractivity contribution is -0.117. The number of ether oxygens (including phenoxy) is 1. The van der Waals surface area contributed by atoms with Crippen molar-refractivity contribution in [3.63, 3.8) is 0 Å². The van der Waals surface area contributed by atoms with E-state index in [1.807, 2.05) is 12.1 Å². The van der Waals surface area contributed by atoms with Crippen LogP contribution in [0.2, 0.25) is 0 Å². The molecule has 2 heterocycles. The normalized spacial score (nSPS) is 19.8. The zero-order valence-corrected chi connectivity index (χ0v) is 13.8. The number of nitrogens with one attached hydrogen (secondary N) is 1. The van der Waals surface area contributed by atoms with Gasteiger partial charge in [-0.05, 0) is 18.9 Å². The maximum atomic E-state index is 12.3. The molecule has 1 aromatic heterocycles. The minimum absolute atomic E-state index is 0.0865. The van der Waals surface area contributed by atoms with Crippen molar-refractivity contribution >= 4 is 17.9 Å². The maximum absolute atomic E-state index is 12.3. The second kappa shape index (κ2) is 8.02. The summed E-state index contributed by atoms with van der Waals surface area (Å²) in [5, 5.41) is 12.3. The SMILES string of the molecule is N#C/C(=C/c1ccc(N2CCOCC2)o1)C(=O)NC1CCCCC1. The number of nitriles is 1. The van der Waals surface area contributed by atoms with Crippen molar-refractivity contribution in [1.82, 2.24) is 5.32 Å². The number of hydrogen-bond donors (Lipinski definition) is 1. The largest absolute Gasteiger partial charge is 0.441 e. The number of amides is 1. The Morgan fingerprint density at radius 2 is 2.00 bits per heavy atom. The molecule has 0 atom stereocenters. The Kier molecular flexibility index (Phi) is 5.55. The van der Waals surface area contributed by atoms with Crippen LogP contribution in [0.25, 0.3) is 6.08 Å². The van der Waals surface area contributed by atoms with Gasteiger partial charge in [-0.1, -0.05) is 19.3 Å². The second-order valence-electron chi connectivity index (χ2n) is 6.25. The Hall–Kier alpha value is -2.26. The van der Waals surface area contributed by atoms with Crippen molar-refractivity contribution in [2.24, 2.45) is 0 Å². The first-order chi connectivity index (χ1) is 11.8. The van der Waals surface area contributed by atoms with E-state index in [-0.39, 0.29) is 17.5 Å². The molecule has 0 aromatic carbocycles. The smallest absolute Gasteiger partial charge is 0.262 e. The highest BCUT2D eigenvalue weighted by Crippen LogP contribution is 2.22. The first-order valence-electron chi connectivity index (χ1n) is 8.61. The Balaban J connectivity index is 1.65. The summed E-state index contributed by atoms with van der Waals surface area (Å²) in [7, 11) is 0. The molecule has 1 saturated carbocycles. The molecule has 3 rings (SSSR count). The quantitative estimate of drug-likeness (QED) is 0.678. The molecular weight excluding hydrogens is 306 g/mol. The predicted octanol–water partition coefficient (Wildman–Crippen LogP) is 2.47. The Morgan fingerprint density at radius 3 is 2.71 bits per heavy atom.